The molecule has 5 heteroatoms. The van der Waals surface area contributed by atoms with Crippen molar-refractivity contribution in [3.8, 4) is 0 Å². The SMILES string of the molecule is CCOC(=O)Cc1ccc2cc(Cn3c(CC)nc4c(C)cc(C)nc43)ccc2c1. The molecule has 0 amide bonds. The van der Waals surface area contributed by atoms with Crippen molar-refractivity contribution in [3.05, 3.63) is 70.7 Å². The first-order valence-corrected chi connectivity index (χ1v) is 10.5. The topological polar surface area (TPSA) is 57.0 Å². The predicted octanol–water partition coefficient (Wildman–Crippen LogP) is 4.92. The fourth-order valence-corrected chi connectivity index (χ4v) is 4.00. The van der Waals surface area contributed by atoms with Crippen molar-refractivity contribution < 1.29 is 9.53 Å². The van der Waals surface area contributed by atoms with Crippen molar-refractivity contribution in [1.29, 1.82) is 0 Å². The van der Waals surface area contributed by atoms with Crippen molar-refractivity contribution in [2.75, 3.05) is 6.61 Å². The molecule has 2 heterocycles. The summed E-state index contributed by atoms with van der Waals surface area (Å²) < 4.78 is 7.28. The molecular weight excluding hydrogens is 374 g/mol. The Morgan fingerprint density at radius 3 is 2.37 bits per heavy atom. The lowest BCUT2D eigenvalue weighted by Crippen LogP contribution is -2.07. The van der Waals surface area contributed by atoms with Crippen LogP contribution in [0.25, 0.3) is 21.9 Å². The molecule has 4 rings (SSSR count). The fraction of sp³-hybridized carbons (Fsp3) is 0.320. The molecule has 4 aromatic rings. The highest BCUT2D eigenvalue weighted by Gasteiger charge is 2.14. The van der Waals surface area contributed by atoms with Crippen molar-refractivity contribution in [3.63, 3.8) is 0 Å². The number of imidazole rings is 1. The lowest BCUT2D eigenvalue weighted by molar-refractivity contribution is -0.142. The zero-order valence-corrected chi connectivity index (χ0v) is 18.0. The second kappa shape index (κ2) is 8.27. The van der Waals surface area contributed by atoms with Crippen LogP contribution in [0.1, 0.15) is 42.1 Å². The number of carbonyl (C=O) groups is 1. The maximum Gasteiger partial charge on any atom is 0.310 e. The number of carbonyl (C=O) groups excluding carboxylic acids is 1. The number of aromatic nitrogens is 3. The Bertz CT molecular complexity index is 1240. The van der Waals surface area contributed by atoms with E-state index in [0.717, 1.165) is 52.0 Å². The van der Waals surface area contributed by atoms with Crippen LogP contribution in [-0.2, 0) is 28.9 Å². The van der Waals surface area contributed by atoms with E-state index in [4.69, 9.17) is 14.7 Å². The van der Waals surface area contributed by atoms with Gasteiger partial charge < -0.3 is 9.30 Å². The van der Waals surface area contributed by atoms with Crippen LogP contribution < -0.4 is 0 Å². The highest BCUT2D eigenvalue weighted by molar-refractivity contribution is 5.85. The van der Waals surface area contributed by atoms with Crippen LogP contribution in [0.2, 0.25) is 0 Å². The third kappa shape index (κ3) is 3.92. The summed E-state index contributed by atoms with van der Waals surface area (Å²) in [6.45, 7) is 9.22. The van der Waals surface area contributed by atoms with Gasteiger partial charge in [-0.1, -0.05) is 37.3 Å². The van der Waals surface area contributed by atoms with E-state index in [0.29, 0.717) is 13.0 Å². The Morgan fingerprint density at radius 2 is 1.67 bits per heavy atom. The zero-order valence-electron chi connectivity index (χ0n) is 18.0. The normalized spacial score (nSPS) is 11.3. The summed E-state index contributed by atoms with van der Waals surface area (Å²) in [5, 5.41) is 2.28. The van der Waals surface area contributed by atoms with E-state index < -0.39 is 0 Å². The van der Waals surface area contributed by atoms with Gasteiger partial charge in [0.05, 0.1) is 19.6 Å². The lowest BCUT2D eigenvalue weighted by atomic mass is 10.0. The smallest absolute Gasteiger partial charge is 0.310 e. The summed E-state index contributed by atoms with van der Waals surface area (Å²) in [7, 11) is 0. The van der Waals surface area contributed by atoms with Crippen molar-refractivity contribution in [2.24, 2.45) is 0 Å². The van der Waals surface area contributed by atoms with Crippen molar-refractivity contribution in [2.45, 2.75) is 47.1 Å². The third-order valence-corrected chi connectivity index (χ3v) is 5.38. The van der Waals surface area contributed by atoms with Gasteiger partial charge in [-0.3, -0.25) is 4.79 Å². The van der Waals surface area contributed by atoms with Crippen LogP contribution >= 0.6 is 0 Å². The lowest BCUT2D eigenvalue weighted by Gasteiger charge is -2.10. The predicted molar refractivity (Wildman–Crippen MR) is 120 cm³/mol. The fourth-order valence-electron chi connectivity index (χ4n) is 4.00. The first-order chi connectivity index (χ1) is 14.5. The molecule has 0 aliphatic heterocycles. The Hall–Kier alpha value is -3.21. The average Bonchev–Trinajstić information content (AvgIpc) is 3.06. The van der Waals surface area contributed by atoms with Crippen molar-refractivity contribution in [1.82, 2.24) is 14.5 Å². The monoisotopic (exact) mass is 401 g/mol. The summed E-state index contributed by atoms with van der Waals surface area (Å²) in [4.78, 5) is 21.4. The number of fused-ring (bicyclic) bond motifs is 2. The van der Waals surface area contributed by atoms with Gasteiger partial charge in [-0.05, 0) is 60.4 Å². The molecule has 0 saturated carbocycles. The van der Waals surface area contributed by atoms with E-state index in [1.54, 1.807) is 0 Å². The number of benzene rings is 2. The second-order valence-corrected chi connectivity index (χ2v) is 7.72. The highest BCUT2D eigenvalue weighted by Crippen LogP contribution is 2.23. The molecule has 0 unspecified atom stereocenters. The zero-order chi connectivity index (χ0) is 21.3. The Labute approximate surface area is 176 Å². The molecule has 2 aromatic heterocycles. The number of aryl methyl sites for hydroxylation is 3. The molecule has 0 aliphatic rings. The van der Waals surface area contributed by atoms with Gasteiger partial charge in [0.15, 0.2) is 5.65 Å². The highest BCUT2D eigenvalue weighted by atomic mass is 16.5. The molecule has 0 spiro atoms. The minimum absolute atomic E-state index is 0.189. The summed E-state index contributed by atoms with van der Waals surface area (Å²) in [6, 6.07) is 14.7. The van der Waals surface area contributed by atoms with Crippen molar-refractivity contribution >= 4 is 27.9 Å². The van der Waals surface area contributed by atoms with E-state index in [9.17, 15) is 4.79 Å². The number of esters is 1. The molecule has 0 aliphatic carbocycles. The van der Waals surface area contributed by atoms with Crippen LogP contribution in [0.15, 0.2) is 42.5 Å². The molecule has 0 radical (unpaired) electrons. The third-order valence-electron chi connectivity index (χ3n) is 5.38. The van der Waals surface area contributed by atoms with E-state index in [-0.39, 0.29) is 5.97 Å². The molecule has 30 heavy (non-hydrogen) atoms. The summed E-state index contributed by atoms with van der Waals surface area (Å²) in [5.41, 5.74) is 6.29. The largest absolute Gasteiger partial charge is 0.466 e. The molecule has 0 atom stereocenters. The average molecular weight is 402 g/mol. The van der Waals surface area contributed by atoms with Crippen LogP contribution in [0.3, 0.4) is 0 Å². The van der Waals surface area contributed by atoms with Gasteiger partial charge in [-0.25, -0.2) is 9.97 Å². The van der Waals surface area contributed by atoms with Gasteiger partial charge in [0.1, 0.15) is 11.3 Å². The summed E-state index contributed by atoms with van der Waals surface area (Å²) >= 11 is 0. The van der Waals surface area contributed by atoms with Crippen LogP contribution in [0.5, 0.6) is 0 Å². The molecule has 0 saturated heterocycles. The molecule has 0 fully saturated rings. The second-order valence-electron chi connectivity index (χ2n) is 7.72. The number of rotatable bonds is 6. The molecular formula is C25H27N3O2. The molecule has 154 valence electrons. The first-order valence-electron chi connectivity index (χ1n) is 10.5. The van der Waals surface area contributed by atoms with E-state index in [2.05, 4.69) is 54.8 Å². The first kappa shape index (κ1) is 20.1. The number of ether oxygens (including phenoxy) is 1. The van der Waals surface area contributed by atoms with E-state index in [1.807, 2.05) is 19.9 Å². The van der Waals surface area contributed by atoms with Crippen LogP contribution in [0, 0.1) is 13.8 Å². The molecule has 0 bridgehead atoms. The Morgan fingerprint density at radius 1 is 0.967 bits per heavy atom. The maximum absolute atomic E-state index is 11.8. The standard InChI is InChI=1S/C25H27N3O2/c1-5-22-27-24-16(3)11-17(4)26-25(24)28(22)15-19-8-10-20-12-18(7-9-21(20)13-19)14-23(29)30-6-2/h7-13H,5-6,14-15H2,1-4H3. The van der Waals surface area contributed by atoms with E-state index in [1.165, 1.54) is 11.1 Å². The van der Waals surface area contributed by atoms with Gasteiger partial charge in [0, 0.05) is 12.1 Å². The van der Waals surface area contributed by atoms with Gasteiger partial charge in [-0.15, -0.1) is 0 Å². The summed E-state index contributed by atoms with van der Waals surface area (Å²) in [6.07, 6.45) is 1.16. The molecule has 0 N–H and O–H groups in total. The minimum Gasteiger partial charge on any atom is -0.466 e. The van der Waals surface area contributed by atoms with Gasteiger partial charge in [0.2, 0.25) is 0 Å². The minimum atomic E-state index is -0.189. The summed E-state index contributed by atoms with van der Waals surface area (Å²) in [5.74, 6) is 0.863. The number of nitrogens with zero attached hydrogens (tertiary/aromatic N) is 3. The number of pyridine rings is 1. The van der Waals surface area contributed by atoms with Gasteiger partial charge in [0.25, 0.3) is 0 Å². The maximum atomic E-state index is 11.8. The van der Waals surface area contributed by atoms with Crippen LogP contribution in [-0.4, -0.2) is 27.1 Å². The number of hydrogen-bond donors (Lipinski definition) is 0. The van der Waals surface area contributed by atoms with Gasteiger partial charge >= 0.3 is 5.97 Å². The van der Waals surface area contributed by atoms with Crippen LogP contribution in [0.4, 0.5) is 0 Å². The number of hydrogen-bond acceptors (Lipinski definition) is 4. The van der Waals surface area contributed by atoms with Gasteiger partial charge in [-0.2, -0.15) is 0 Å². The molecule has 5 nitrogen and oxygen atoms in total. The van der Waals surface area contributed by atoms with E-state index >= 15 is 0 Å². The quantitative estimate of drug-likeness (QED) is 0.431. The molecule has 2 aromatic carbocycles. The Kier molecular flexibility index (Phi) is 5.53. The Balaban J connectivity index is 1.67.